The minimum absolute atomic E-state index is 0.0158. The summed E-state index contributed by atoms with van der Waals surface area (Å²) in [7, 11) is 0. The first-order chi connectivity index (χ1) is 28.1. The highest BCUT2D eigenvalue weighted by atomic mass is 14.9. The molecule has 0 unspecified atom stereocenters. The molecular weight excluding hydrogens is 701 g/mol. The van der Waals surface area contributed by atoms with Crippen LogP contribution in [0, 0.1) is 13.8 Å². The number of nitrogens with two attached hydrogens (primary N) is 1. The Morgan fingerprint density at radius 2 is 1.22 bits per heavy atom. The van der Waals surface area contributed by atoms with Crippen LogP contribution in [0.25, 0.3) is 11.3 Å². The molecule has 0 aliphatic heterocycles. The van der Waals surface area contributed by atoms with Gasteiger partial charge in [0.15, 0.2) is 0 Å². The predicted molar refractivity (Wildman–Crippen MR) is 260 cm³/mol. The smallest absolute Gasteiger partial charge is 0.0384 e. The van der Waals surface area contributed by atoms with E-state index in [1.165, 1.54) is 50.2 Å². The van der Waals surface area contributed by atoms with Gasteiger partial charge >= 0.3 is 0 Å². The molecular formula is C56H70N2. The molecule has 2 heteroatoms. The van der Waals surface area contributed by atoms with Crippen LogP contribution in [0.15, 0.2) is 199 Å². The Bertz CT molecular complexity index is 2090. The summed E-state index contributed by atoms with van der Waals surface area (Å²) < 4.78 is 0. The van der Waals surface area contributed by atoms with Gasteiger partial charge in [-0.15, -0.1) is 0 Å². The molecule has 5 aromatic rings. The number of nitrogens with one attached hydrogen (secondary N) is 1. The molecule has 0 saturated heterocycles. The molecule has 0 fully saturated rings. The fourth-order valence-corrected chi connectivity index (χ4v) is 6.28. The third-order valence-electron chi connectivity index (χ3n) is 9.27. The van der Waals surface area contributed by atoms with Gasteiger partial charge in [0.1, 0.15) is 0 Å². The van der Waals surface area contributed by atoms with Crippen LogP contribution in [-0.4, -0.2) is 0 Å². The van der Waals surface area contributed by atoms with Crippen molar-refractivity contribution in [3.63, 3.8) is 0 Å². The van der Waals surface area contributed by atoms with Crippen LogP contribution in [0.1, 0.15) is 102 Å². The van der Waals surface area contributed by atoms with Crippen LogP contribution >= 0.6 is 0 Å². The van der Waals surface area contributed by atoms with E-state index in [-0.39, 0.29) is 5.41 Å². The molecule has 0 bridgehead atoms. The molecule has 7 rings (SSSR count). The second-order valence-electron chi connectivity index (χ2n) is 14.2. The average Bonchev–Trinajstić information content (AvgIpc) is 3.69. The number of anilines is 1. The lowest BCUT2D eigenvalue weighted by atomic mass is 9.80. The van der Waals surface area contributed by atoms with E-state index in [1.807, 2.05) is 120 Å². The lowest BCUT2D eigenvalue weighted by molar-refractivity contribution is 0.666. The minimum atomic E-state index is -0.0158. The molecule has 0 aromatic heterocycles. The van der Waals surface area contributed by atoms with E-state index in [2.05, 4.69) is 143 Å². The maximum Gasteiger partial charge on any atom is 0.0384 e. The first kappa shape index (κ1) is 48.3. The van der Waals surface area contributed by atoms with Crippen molar-refractivity contribution in [3.05, 3.63) is 232 Å². The maximum atomic E-state index is 6.00. The first-order valence-electron chi connectivity index (χ1n) is 21.0. The Kier molecular flexibility index (Phi) is 22.4. The van der Waals surface area contributed by atoms with E-state index in [0.717, 1.165) is 29.8 Å². The van der Waals surface area contributed by atoms with Gasteiger partial charge in [-0.2, -0.15) is 0 Å². The van der Waals surface area contributed by atoms with Gasteiger partial charge < -0.3 is 11.1 Å². The number of hydrogen-bond acceptors (Lipinski definition) is 2. The van der Waals surface area contributed by atoms with E-state index < -0.39 is 0 Å². The number of rotatable bonds is 6. The molecule has 2 nitrogen and oxygen atoms in total. The van der Waals surface area contributed by atoms with Gasteiger partial charge in [-0.05, 0) is 92.1 Å². The lowest BCUT2D eigenvalue weighted by Crippen LogP contribution is -2.15. The average molecular weight is 771 g/mol. The summed E-state index contributed by atoms with van der Waals surface area (Å²) in [5.74, 6) is 0. The highest BCUT2D eigenvalue weighted by Crippen LogP contribution is 2.39. The molecule has 0 atom stereocenters. The van der Waals surface area contributed by atoms with Crippen molar-refractivity contribution in [2.75, 3.05) is 5.32 Å². The number of benzene rings is 5. The number of hydrogen-bond donors (Lipinski definition) is 2. The molecule has 0 spiro atoms. The quantitative estimate of drug-likeness (QED) is 0.169. The molecule has 0 amide bonds. The highest BCUT2D eigenvalue weighted by Gasteiger charge is 2.26. The summed E-state index contributed by atoms with van der Waals surface area (Å²) >= 11 is 0. The highest BCUT2D eigenvalue weighted by molar-refractivity contribution is 5.76. The Morgan fingerprint density at radius 1 is 0.672 bits per heavy atom. The third kappa shape index (κ3) is 16.3. The first-order valence-corrected chi connectivity index (χ1v) is 21.0. The standard InChI is InChI=1S/C26H27N.C15H15N.C7H8.C4H8.2C2H6/c1-18-9-7-10-21(15-18)27-25-14-8-12-23(25)20-16-19(2)22-11-5-6-13-24(22)26(3,4)17-20;16-15(14-9-5-2-6-10-14)12-11-13-7-3-1-4-8-13;1-7-5-3-2-4-6-7;1-3-4-2;2*1-2/h5-13,15-17,27H,14H2,1-4H3;1-10,12H,11,16H2;2-6H,1H3;3-4H,1-2H3;2*1-2H3/b;15-12-;;4-3-;;. The zero-order chi connectivity index (χ0) is 42.8. The number of aryl methyl sites for hydroxylation is 2. The minimum Gasteiger partial charge on any atom is -0.398 e. The fraction of sp³-hybridized carbons (Fsp3) is 0.250. The van der Waals surface area contributed by atoms with Crippen LogP contribution < -0.4 is 11.1 Å². The van der Waals surface area contributed by atoms with E-state index in [9.17, 15) is 0 Å². The summed E-state index contributed by atoms with van der Waals surface area (Å²) in [5, 5.41) is 3.66. The second-order valence-corrected chi connectivity index (χ2v) is 14.2. The van der Waals surface area contributed by atoms with Crippen molar-refractivity contribution >= 4 is 17.0 Å². The summed E-state index contributed by atoms with van der Waals surface area (Å²) in [6.45, 7) is 23.1. The summed E-state index contributed by atoms with van der Waals surface area (Å²) in [6, 6.07) is 48.0. The predicted octanol–water partition coefficient (Wildman–Crippen LogP) is 15.8. The molecule has 304 valence electrons. The van der Waals surface area contributed by atoms with Gasteiger partial charge in [0.05, 0.1) is 0 Å². The zero-order valence-electron chi connectivity index (χ0n) is 37.3. The topological polar surface area (TPSA) is 38.0 Å². The van der Waals surface area contributed by atoms with E-state index in [0.29, 0.717) is 0 Å². The van der Waals surface area contributed by atoms with Crippen molar-refractivity contribution in [2.45, 2.75) is 94.4 Å². The summed E-state index contributed by atoms with van der Waals surface area (Å²) in [6.07, 6.45) is 17.2. The molecule has 58 heavy (non-hydrogen) atoms. The van der Waals surface area contributed by atoms with Crippen molar-refractivity contribution < 1.29 is 0 Å². The normalized spacial score (nSPS) is 13.4. The SMILES string of the molecule is C/C=C\C.CC.CC.CC1=CC(C2=C(Nc3cccc(C)c3)CC=C2)=CC(C)(C)c2ccccc21.Cc1ccccc1.N/C(=C\Cc1ccccc1)c1ccccc1. The lowest BCUT2D eigenvalue weighted by Gasteiger charge is -2.24. The van der Waals surface area contributed by atoms with E-state index >= 15 is 0 Å². The Balaban J connectivity index is 0.000000315. The Hall–Kier alpha value is -5.86. The van der Waals surface area contributed by atoms with Crippen molar-refractivity contribution in [2.24, 2.45) is 5.73 Å². The Morgan fingerprint density at radius 3 is 1.79 bits per heavy atom. The summed E-state index contributed by atoms with van der Waals surface area (Å²) in [4.78, 5) is 0. The fourth-order valence-electron chi connectivity index (χ4n) is 6.28. The monoisotopic (exact) mass is 771 g/mol. The van der Waals surface area contributed by atoms with Gasteiger partial charge in [-0.25, -0.2) is 0 Å². The van der Waals surface area contributed by atoms with Crippen molar-refractivity contribution in [1.82, 2.24) is 0 Å². The van der Waals surface area contributed by atoms with Gasteiger partial charge in [-0.1, -0.05) is 217 Å². The molecule has 3 N–H and O–H groups in total. The van der Waals surface area contributed by atoms with Crippen molar-refractivity contribution in [1.29, 1.82) is 0 Å². The van der Waals surface area contributed by atoms with Crippen LogP contribution in [0.5, 0.6) is 0 Å². The second kappa shape index (κ2) is 26.9. The van der Waals surface area contributed by atoms with Crippen LogP contribution in [0.4, 0.5) is 5.69 Å². The van der Waals surface area contributed by atoms with Gasteiger partial charge in [0.2, 0.25) is 0 Å². The zero-order valence-corrected chi connectivity index (χ0v) is 37.3. The van der Waals surface area contributed by atoms with Crippen LogP contribution in [-0.2, 0) is 11.8 Å². The third-order valence-corrected chi connectivity index (χ3v) is 9.27. The van der Waals surface area contributed by atoms with E-state index in [4.69, 9.17) is 5.73 Å². The summed E-state index contributed by atoms with van der Waals surface area (Å²) in [5.41, 5.74) is 20.9. The van der Waals surface area contributed by atoms with Gasteiger partial charge in [0.25, 0.3) is 0 Å². The van der Waals surface area contributed by atoms with Crippen molar-refractivity contribution in [3.8, 4) is 0 Å². The van der Waals surface area contributed by atoms with Gasteiger partial charge in [0, 0.05) is 34.5 Å². The Labute approximate surface area is 353 Å². The molecule has 0 heterocycles. The molecule has 5 aromatic carbocycles. The van der Waals surface area contributed by atoms with Crippen LogP contribution in [0.2, 0.25) is 0 Å². The maximum absolute atomic E-state index is 6.00. The largest absolute Gasteiger partial charge is 0.398 e. The molecule has 0 radical (unpaired) electrons. The number of fused-ring (bicyclic) bond motifs is 1. The number of allylic oxidation sites excluding steroid dienone is 10. The van der Waals surface area contributed by atoms with Crippen LogP contribution in [0.3, 0.4) is 0 Å². The van der Waals surface area contributed by atoms with E-state index in [1.54, 1.807) is 0 Å². The molecule has 0 saturated carbocycles. The molecule has 2 aliphatic rings. The van der Waals surface area contributed by atoms with Gasteiger partial charge in [-0.3, -0.25) is 0 Å². The molecule has 2 aliphatic carbocycles.